The van der Waals surface area contributed by atoms with Crippen LogP contribution in [0.3, 0.4) is 0 Å². The van der Waals surface area contributed by atoms with E-state index in [2.05, 4.69) is 31.3 Å². The van der Waals surface area contributed by atoms with E-state index >= 15 is 0 Å². The first kappa shape index (κ1) is 46.2. The second kappa shape index (κ2) is 31.2. The monoisotopic (exact) mass is 689 g/mol. The van der Waals surface area contributed by atoms with Crippen molar-refractivity contribution in [1.29, 1.82) is 0 Å². The van der Waals surface area contributed by atoms with Crippen LogP contribution < -0.4 is 10.2 Å². The van der Waals surface area contributed by atoms with Gasteiger partial charge < -0.3 is 28.8 Å². The molecule has 0 saturated carbocycles. The van der Waals surface area contributed by atoms with Crippen molar-refractivity contribution in [2.45, 2.75) is 187 Å². The summed E-state index contributed by atoms with van der Waals surface area (Å²) in [6, 6.07) is -0.793. The first-order valence-corrected chi connectivity index (χ1v) is 21.0. The van der Waals surface area contributed by atoms with E-state index in [1.165, 1.54) is 103 Å². The Balaban J connectivity index is 4.05. The number of rotatable bonds is 35. The number of unbranched alkanes of at least 4 members (excludes halogenated alkanes) is 20. The summed E-state index contributed by atoms with van der Waals surface area (Å²) < 4.78 is 22.9. The number of carbonyl (C=O) groups is 1. The molecule has 280 valence electrons. The van der Waals surface area contributed by atoms with Crippen LogP contribution in [0.4, 0.5) is 0 Å². The maximum absolute atomic E-state index is 12.7. The van der Waals surface area contributed by atoms with Gasteiger partial charge in [0.25, 0.3) is 7.82 Å². The number of carbonyl (C=O) groups excluding carboxylic acids is 1. The van der Waals surface area contributed by atoms with Crippen LogP contribution in [0.5, 0.6) is 0 Å². The summed E-state index contributed by atoms with van der Waals surface area (Å²) in [6.45, 7) is 4.58. The Labute approximate surface area is 291 Å². The van der Waals surface area contributed by atoms with E-state index in [1.54, 1.807) is 0 Å². The third-order valence-electron chi connectivity index (χ3n) is 8.75. The summed E-state index contributed by atoms with van der Waals surface area (Å²) in [5, 5.41) is 13.6. The summed E-state index contributed by atoms with van der Waals surface area (Å²) >= 11 is 0. The Morgan fingerprint density at radius 1 is 0.723 bits per heavy atom. The van der Waals surface area contributed by atoms with Crippen LogP contribution in [0, 0.1) is 0 Å². The predicted molar refractivity (Wildman–Crippen MR) is 196 cm³/mol. The molecule has 0 aliphatic heterocycles. The molecular weight excluding hydrogens is 611 g/mol. The highest BCUT2D eigenvalue weighted by Gasteiger charge is 2.24. The fraction of sp³-hybridized carbons (Fsp3) is 0.921. The van der Waals surface area contributed by atoms with Gasteiger partial charge in [0.2, 0.25) is 5.91 Å². The molecule has 9 heteroatoms. The van der Waals surface area contributed by atoms with Gasteiger partial charge in [0, 0.05) is 6.42 Å². The van der Waals surface area contributed by atoms with Crippen molar-refractivity contribution in [1.82, 2.24) is 5.32 Å². The highest BCUT2D eigenvalue weighted by molar-refractivity contribution is 7.45. The van der Waals surface area contributed by atoms with E-state index in [9.17, 15) is 19.4 Å². The van der Waals surface area contributed by atoms with Crippen molar-refractivity contribution in [2.24, 2.45) is 0 Å². The van der Waals surface area contributed by atoms with Gasteiger partial charge in [-0.15, -0.1) is 0 Å². The van der Waals surface area contributed by atoms with Crippen LogP contribution in [0.25, 0.3) is 0 Å². The number of nitrogens with zero attached hydrogens (tertiary/aromatic N) is 1. The third kappa shape index (κ3) is 33.5. The van der Waals surface area contributed by atoms with Gasteiger partial charge in [-0.25, -0.2) is 0 Å². The van der Waals surface area contributed by atoms with Crippen molar-refractivity contribution in [2.75, 3.05) is 40.9 Å². The highest BCUT2D eigenvalue weighted by atomic mass is 31.2. The number of likely N-dealkylation sites (N-methyl/N-ethyl adjacent to an activating group) is 1. The molecule has 0 saturated heterocycles. The van der Waals surface area contributed by atoms with Crippen LogP contribution in [0.2, 0.25) is 0 Å². The van der Waals surface area contributed by atoms with Gasteiger partial charge in [0.05, 0.1) is 39.9 Å². The number of hydrogen-bond acceptors (Lipinski definition) is 6. The molecule has 3 unspecified atom stereocenters. The number of aliphatic hydroxyl groups is 1. The van der Waals surface area contributed by atoms with Crippen molar-refractivity contribution < 1.29 is 32.9 Å². The van der Waals surface area contributed by atoms with Gasteiger partial charge in [0.1, 0.15) is 13.2 Å². The van der Waals surface area contributed by atoms with E-state index < -0.39 is 20.0 Å². The predicted octanol–water partition coefficient (Wildman–Crippen LogP) is 9.39. The molecule has 47 heavy (non-hydrogen) atoms. The molecular formula is C38H77N2O6P. The maximum Gasteiger partial charge on any atom is 0.268 e. The first-order chi connectivity index (χ1) is 22.5. The lowest BCUT2D eigenvalue weighted by molar-refractivity contribution is -0.870. The second-order valence-corrected chi connectivity index (χ2v) is 16.0. The van der Waals surface area contributed by atoms with Gasteiger partial charge in [-0.05, 0) is 38.5 Å². The summed E-state index contributed by atoms with van der Waals surface area (Å²) in [5.74, 6) is -0.176. The smallest absolute Gasteiger partial charge is 0.268 e. The van der Waals surface area contributed by atoms with E-state index in [0.29, 0.717) is 23.9 Å². The molecule has 0 aromatic carbocycles. The molecule has 0 spiro atoms. The molecule has 8 nitrogen and oxygen atoms in total. The van der Waals surface area contributed by atoms with Crippen LogP contribution in [0.1, 0.15) is 174 Å². The zero-order chi connectivity index (χ0) is 35.1. The van der Waals surface area contributed by atoms with E-state index in [0.717, 1.165) is 44.9 Å². The molecule has 0 bridgehead atoms. The fourth-order valence-electron chi connectivity index (χ4n) is 5.56. The Kier molecular flexibility index (Phi) is 30.7. The van der Waals surface area contributed by atoms with Gasteiger partial charge in [0.15, 0.2) is 0 Å². The Bertz CT molecular complexity index is 789. The van der Waals surface area contributed by atoms with Gasteiger partial charge in [-0.1, -0.05) is 142 Å². The summed E-state index contributed by atoms with van der Waals surface area (Å²) in [4.78, 5) is 25.0. The molecule has 0 aromatic rings. The number of nitrogens with one attached hydrogen (secondary N) is 1. The Morgan fingerprint density at radius 2 is 1.17 bits per heavy atom. The summed E-state index contributed by atoms with van der Waals surface area (Å²) in [7, 11) is 1.30. The summed E-state index contributed by atoms with van der Waals surface area (Å²) in [5.41, 5.74) is 0. The minimum absolute atomic E-state index is 0.0119. The molecule has 0 aliphatic carbocycles. The third-order valence-corrected chi connectivity index (χ3v) is 9.72. The topological polar surface area (TPSA) is 108 Å². The molecule has 0 radical (unpaired) electrons. The van der Waals surface area contributed by atoms with Crippen LogP contribution in [-0.4, -0.2) is 68.5 Å². The number of phosphoric ester groups is 1. The molecule has 2 N–H and O–H groups in total. The molecule has 0 heterocycles. The van der Waals surface area contributed by atoms with Crippen LogP contribution >= 0.6 is 7.82 Å². The molecule has 0 fully saturated rings. The standard InChI is InChI=1S/C38H77N2O6P/c1-6-8-10-12-13-14-15-16-17-18-19-20-21-22-23-24-25-26-27-28-30-32-38(42)39-36(37(41)31-29-11-9-7-2)35-46-47(43,44)45-34-33-40(3,4)5/h18-19,36-37,41H,6-17,20-35H2,1-5H3,(H-,39,42,43,44)/b19-18-. The zero-order valence-electron chi connectivity index (χ0n) is 31.5. The largest absolute Gasteiger partial charge is 0.756 e. The Morgan fingerprint density at radius 3 is 1.66 bits per heavy atom. The molecule has 0 aromatic heterocycles. The van der Waals surface area contributed by atoms with Gasteiger partial charge >= 0.3 is 0 Å². The number of quaternary nitrogens is 1. The zero-order valence-corrected chi connectivity index (χ0v) is 32.4. The maximum atomic E-state index is 12.7. The lowest BCUT2D eigenvalue weighted by atomic mass is 10.0. The lowest BCUT2D eigenvalue weighted by Crippen LogP contribution is -2.46. The van der Waals surface area contributed by atoms with Crippen molar-refractivity contribution >= 4 is 13.7 Å². The number of amides is 1. The molecule has 3 atom stereocenters. The fourth-order valence-corrected chi connectivity index (χ4v) is 6.28. The van der Waals surface area contributed by atoms with E-state index in [4.69, 9.17) is 9.05 Å². The molecule has 0 rings (SSSR count). The summed E-state index contributed by atoms with van der Waals surface area (Å²) in [6.07, 6.45) is 32.7. The highest BCUT2D eigenvalue weighted by Crippen LogP contribution is 2.38. The quantitative estimate of drug-likeness (QED) is 0.0297. The minimum Gasteiger partial charge on any atom is -0.756 e. The van der Waals surface area contributed by atoms with Crippen LogP contribution in [0.15, 0.2) is 12.2 Å². The van der Waals surface area contributed by atoms with Crippen molar-refractivity contribution in [3.8, 4) is 0 Å². The molecule has 1 amide bonds. The van der Waals surface area contributed by atoms with E-state index in [-0.39, 0.29) is 19.1 Å². The number of phosphoric acid groups is 1. The second-order valence-electron chi connectivity index (χ2n) is 14.6. The minimum atomic E-state index is -4.54. The lowest BCUT2D eigenvalue weighted by Gasteiger charge is -2.30. The van der Waals surface area contributed by atoms with E-state index in [1.807, 2.05) is 21.1 Å². The Hall–Kier alpha value is -0.760. The van der Waals surface area contributed by atoms with Crippen LogP contribution in [-0.2, 0) is 18.4 Å². The van der Waals surface area contributed by atoms with Gasteiger partial charge in [-0.2, -0.15) is 0 Å². The van der Waals surface area contributed by atoms with Crippen molar-refractivity contribution in [3.05, 3.63) is 12.2 Å². The number of allylic oxidation sites excluding steroid dienone is 2. The number of hydrogen-bond donors (Lipinski definition) is 2. The average molecular weight is 689 g/mol. The first-order valence-electron chi connectivity index (χ1n) is 19.5. The average Bonchev–Trinajstić information content (AvgIpc) is 3.01. The number of aliphatic hydroxyl groups excluding tert-OH is 1. The SMILES string of the molecule is CCCCCCCCCC/C=C\CCCCCCCCCCCC(=O)NC(COP(=O)([O-])OCC[N+](C)(C)C)C(O)CCCCCC. The van der Waals surface area contributed by atoms with Gasteiger partial charge in [-0.3, -0.25) is 9.36 Å². The van der Waals surface area contributed by atoms with Crippen molar-refractivity contribution in [3.63, 3.8) is 0 Å². The normalized spacial score (nSPS) is 14.8. The molecule has 0 aliphatic rings.